The average molecular weight is 520 g/mol. The third kappa shape index (κ3) is 4.91. The lowest BCUT2D eigenvalue weighted by Crippen LogP contribution is -2.36. The fourth-order valence-corrected chi connectivity index (χ4v) is 5.05. The van der Waals surface area contributed by atoms with Crippen molar-refractivity contribution in [3.63, 3.8) is 0 Å². The normalized spacial score (nSPS) is 14.7. The second kappa shape index (κ2) is 10.0. The van der Waals surface area contributed by atoms with E-state index in [4.69, 9.17) is 11.6 Å². The Morgan fingerprint density at radius 3 is 2.56 bits per heavy atom. The number of carbonyl (C=O) groups is 3. The molecular formula is C27H19ClFN3O3S. The van der Waals surface area contributed by atoms with Gasteiger partial charge >= 0.3 is 0 Å². The molecule has 0 radical (unpaired) electrons. The molecule has 5 rings (SSSR count). The van der Waals surface area contributed by atoms with Gasteiger partial charge in [-0.25, -0.2) is 4.39 Å². The summed E-state index contributed by atoms with van der Waals surface area (Å²) in [6, 6.07) is 20.7. The van der Waals surface area contributed by atoms with Gasteiger partial charge in [-0.05, 0) is 53.7 Å². The standard InChI is InChI=1S/C27H19ClFN3O3S/c28-22-13-19(29)11-10-17(22)14-31-15-18(21-8-4-5-9-23(21)31)12-24-26(34)32(27(35)36-24)16-25(33)30-20-6-2-1-3-7-20/h1-13,15H,14,16H2,(H,30,33)/b24-12-. The first kappa shape index (κ1) is 23.8. The number of thioether (sulfide) groups is 1. The molecule has 2 heterocycles. The van der Waals surface area contributed by atoms with Crippen LogP contribution in [0.25, 0.3) is 17.0 Å². The van der Waals surface area contributed by atoms with Crippen LogP contribution in [0.3, 0.4) is 0 Å². The van der Waals surface area contributed by atoms with Crippen molar-refractivity contribution in [1.29, 1.82) is 0 Å². The highest BCUT2D eigenvalue weighted by molar-refractivity contribution is 8.18. The molecule has 0 aliphatic carbocycles. The van der Waals surface area contributed by atoms with Crippen LogP contribution in [0.5, 0.6) is 0 Å². The lowest BCUT2D eigenvalue weighted by molar-refractivity contribution is -0.127. The van der Waals surface area contributed by atoms with E-state index >= 15 is 0 Å². The second-order valence-corrected chi connectivity index (χ2v) is 9.55. The van der Waals surface area contributed by atoms with Crippen molar-refractivity contribution in [3.05, 3.63) is 106 Å². The van der Waals surface area contributed by atoms with Gasteiger partial charge in [0, 0.05) is 39.9 Å². The van der Waals surface area contributed by atoms with Crippen molar-refractivity contribution in [2.24, 2.45) is 0 Å². The van der Waals surface area contributed by atoms with Crippen LogP contribution in [-0.4, -0.2) is 33.1 Å². The fraction of sp³-hybridized carbons (Fsp3) is 0.0741. The maximum Gasteiger partial charge on any atom is 0.294 e. The van der Waals surface area contributed by atoms with Crippen LogP contribution in [0.15, 0.2) is 83.9 Å². The molecule has 0 saturated carbocycles. The number of aromatic nitrogens is 1. The highest BCUT2D eigenvalue weighted by atomic mass is 35.5. The van der Waals surface area contributed by atoms with Crippen molar-refractivity contribution in [3.8, 4) is 0 Å². The maximum atomic E-state index is 13.5. The first-order valence-corrected chi connectivity index (χ1v) is 12.2. The van der Waals surface area contributed by atoms with Gasteiger partial charge in [0.2, 0.25) is 5.91 Å². The van der Waals surface area contributed by atoms with Crippen molar-refractivity contribution >= 4 is 63.1 Å². The summed E-state index contributed by atoms with van der Waals surface area (Å²) in [6.45, 7) is 0.0241. The topological polar surface area (TPSA) is 71.4 Å². The minimum atomic E-state index is -0.522. The van der Waals surface area contributed by atoms with Gasteiger partial charge in [-0.1, -0.05) is 54.1 Å². The summed E-state index contributed by atoms with van der Waals surface area (Å²) in [5, 5.41) is 3.38. The Bertz CT molecular complexity index is 1530. The lowest BCUT2D eigenvalue weighted by atomic mass is 10.1. The van der Waals surface area contributed by atoms with E-state index < -0.39 is 22.9 Å². The predicted molar refractivity (Wildman–Crippen MR) is 140 cm³/mol. The van der Waals surface area contributed by atoms with E-state index in [9.17, 15) is 18.8 Å². The number of imide groups is 1. The van der Waals surface area contributed by atoms with E-state index in [1.807, 2.05) is 41.1 Å². The second-order valence-electron chi connectivity index (χ2n) is 8.15. The first-order chi connectivity index (χ1) is 17.4. The molecule has 1 fully saturated rings. The largest absolute Gasteiger partial charge is 0.342 e. The van der Waals surface area contributed by atoms with E-state index in [2.05, 4.69) is 5.32 Å². The Labute approximate surface area is 215 Å². The average Bonchev–Trinajstić information content (AvgIpc) is 3.33. The van der Waals surface area contributed by atoms with E-state index in [1.165, 1.54) is 12.1 Å². The smallest absolute Gasteiger partial charge is 0.294 e. The minimum Gasteiger partial charge on any atom is -0.342 e. The van der Waals surface area contributed by atoms with Gasteiger partial charge in [0.1, 0.15) is 12.4 Å². The Balaban J connectivity index is 1.39. The molecule has 180 valence electrons. The van der Waals surface area contributed by atoms with E-state index in [0.717, 1.165) is 38.7 Å². The van der Waals surface area contributed by atoms with Crippen LogP contribution >= 0.6 is 23.4 Å². The van der Waals surface area contributed by atoms with Crippen LogP contribution in [0.4, 0.5) is 14.9 Å². The zero-order chi connectivity index (χ0) is 25.2. The van der Waals surface area contributed by atoms with Gasteiger partial charge in [0.25, 0.3) is 11.1 Å². The molecule has 1 aromatic heterocycles. The van der Waals surface area contributed by atoms with Gasteiger partial charge < -0.3 is 9.88 Å². The number of anilines is 1. The summed E-state index contributed by atoms with van der Waals surface area (Å²) in [6.07, 6.45) is 3.52. The molecule has 3 amide bonds. The maximum absolute atomic E-state index is 13.5. The molecule has 0 atom stereocenters. The summed E-state index contributed by atoms with van der Waals surface area (Å²) in [4.78, 5) is 39.1. The number of nitrogens with one attached hydrogen (secondary N) is 1. The third-order valence-corrected chi connectivity index (χ3v) is 6.95. The lowest BCUT2D eigenvalue weighted by Gasteiger charge is -2.12. The van der Waals surface area contributed by atoms with Crippen molar-refractivity contribution in [1.82, 2.24) is 9.47 Å². The molecule has 4 aromatic rings. The molecule has 0 bridgehead atoms. The highest BCUT2D eigenvalue weighted by Crippen LogP contribution is 2.34. The van der Waals surface area contributed by atoms with Crippen LogP contribution in [0.1, 0.15) is 11.1 Å². The molecule has 1 saturated heterocycles. The van der Waals surface area contributed by atoms with Gasteiger partial charge in [0.15, 0.2) is 0 Å². The number of amides is 3. The summed E-state index contributed by atoms with van der Waals surface area (Å²) in [5.74, 6) is -1.39. The molecule has 1 aliphatic heterocycles. The molecule has 1 N–H and O–H groups in total. The van der Waals surface area contributed by atoms with E-state index in [0.29, 0.717) is 17.3 Å². The Kier molecular flexibility index (Phi) is 6.63. The summed E-state index contributed by atoms with van der Waals surface area (Å²) in [5.41, 5.74) is 2.96. The van der Waals surface area contributed by atoms with Crippen molar-refractivity contribution < 1.29 is 18.8 Å². The molecule has 0 spiro atoms. The fourth-order valence-electron chi connectivity index (χ4n) is 4.00. The molecule has 0 unspecified atom stereocenters. The van der Waals surface area contributed by atoms with Crippen LogP contribution in [0.2, 0.25) is 5.02 Å². The molecule has 6 nitrogen and oxygen atoms in total. The van der Waals surface area contributed by atoms with Gasteiger partial charge in [-0.2, -0.15) is 0 Å². The van der Waals surface area contributed by atoms with E-state index in [-0.39, 0.29) is 11.4 Å². The monoisotopic (exact) mass is 519 g/mol. The third-order valence-electron chi connectivity index (χ3n) is 5.69. The highest BCUT2D eigenvalue weighted by Gasteiger charge is 2.36. The number of benzene rings is 3. The van der Waals surface area contributed by atoms with Gasteiger partial charge in [-0.3, -0.25) is 19.3 Å². The predicted octanol–water partition coefficient (Wildman–Crippen LogP) is 6.16. The van der Waals surface area contributed by atoms with Crippen LogP contribution in [0, 0.1) is 5.82 Å². The zero-order valence-corrected chi connectivity index (χ0v) is 20.4. The van der Waals surface area contributed by atoms with Crippen molar-refractivity contribution in [2.45, 2.75) is 6.54 Å². The summed E-state index contributed by atoms with van der Waals surface area (Å²) < 4.78 is 15.4. The summed E-state index contributed by atoms with van der Waals surface area (Å²) in [7, 11) is 0. The molecule has 9 heteroatoms. The SMILES string of the molecule is O=C(CN1C(=O)S/C(=C\c2cn(Cc3ccc(F)cc3Cl)c3ccccc23)C1=O)Nc1ccccc1. The number of nitrogens with zero attached hydrogens (tertiary/aromatic N) is 2. The zero-order valence-electron chi connectivity index (χ0n) is 18.8. The van der Waals surface area contributed by atoms with Gasteiger partial charge in [-0.15, -0.1) is 0 Å². The van der Waals surface area contributed by atoms with Crippen LogP contribution < -0.4 is 5.32 Å². The molecule has 1 aliphatic rings. The number of para-hydroxylation sites is 2. The minimum absolute atomic E-state index is 0.232. The number of hydrogen-bond donors (Lipinski definition) is 1. The first-order valence-electron chi connectivity index (χ1n) is 11.0. The summed E-state index contributed by atoms with van der Waals surface area (Å²) >= 11 is 7.03. The Hall–Kier alpha value is -3.88. The number of hydrogen-bond acceptors (Lipinski definition) is 4. The molecule has 3 aromatic carbocycles. The number of halogens is 2. The quantitative estimate of drug-likeness (QED) is 0.310. The number of fused-ring (bicyclic) bond motifs is 1. The Morgan fingerprint density at radius 1 is 1.03 bits per heavy atom. The Morgan fingerprint density at radius 2 is 1.78 bits per heavy atom. The van der Waals surface area contributed by atoms with Crippen molar-refractivity contribution in [2.75, 3.05) is 11.9 Å². The molecule has 36 heavy (non-hydrogen) atoms. The van der Waals surface area contributed by atoms with E-state index in [1.54, 1.807) is 36.4 Å². The number of rotatable bonds is 6. The van der Waals surface area contributed by atoms with Gasteiger partial charge in [0.05, 0.1) is 4.91 Å². The molecular weight excluding hydrogens is 501 g/mol. The van der Waals surface area contributed by atoms with Crippen LogP contribution in [-0.2, 0) is 16.1 Å². The number of carbonyl (C=O) groups excluding carboxylic acids is 3.